The van der Waals surface area contributed by atoms with Gasteiger partial charge < -0.3 is 4.42 Å². The zero-order chi connectivity index (χ0) is 17.3. The van der Waals surface area contributed by atoms with E-state index in [-0.39, 0.29) is 5.82 Å². The molecule has 0 spiro atoms. The molecule has 0 bridgehead atoms. The van der Waals surface area contributed by atoms with Crippen LogP contribution in [0.2, 0.25) is 0 Å². The van der Waals surface area contributed by atoms with Crippen molar-refractivity contribution in [3.8, 4) is 0 Å². The highest BCUT2D eigenvalue weighted by atomic mass is 31.2. The van der Waals surface area contributed by atoms with Crippen molar-refractivity contribution in [1.29, 1.82) is 0 Å². The third-order valence-electron chi connectivity index (χ3n) is 5.06. The molecule has 2 aliphatic rings. The smallest absolute Gasteiger partial charge is 0.172 e. The minimum Gasteiger partial charge on any atom is -0.457 e. The molecule has 0 atom stereocenters. The number of rotatable bonds is 4. The summed E-state index contributed by atoms with van der Waals surface area (Å²) in [6, 6.07) is 10.7. The lowest BCUT2D eigenvalue weighted by Gasteiger charge is -2.38. The maximum Gasteiger partial charge on any atom is 0.172 e. The highest BCUT2D eigenvalue weighted by Crippen LogP contribution is 2.60. The molecular weight excluding hydrogens is 336 g/mol. The summed E-state index contributed by atoms with van der Waals surface area (Å²) in [4.78, 5) is 0. The van der Waals surface area contributed by atoms with Gasteiger partial charge in [0.2, 0.25) is 0 Å². The highest BCUT2D eigenvalue weighted by Gasteiger charge is 2.41. The predicted octanol–water partition coefficient (Wildman–Crippen LogP) is 4.91. The lowest BCUT2D eigenvalue weighted by atomic mass is 10.3. The summed E-state index contributed by atoms with van der Waals surface area (Å²) < 4.78 is 29.9. The second-order valence-corrected chi connectivity index (χ2v) is 9.76. The third kappa shape index (κ3) is 3.21. The van der Waals surface area contributed by atoms with Gasteiger partial charge in [-0.25, -0.2) is 9.14 Å². The Kier molecular flexibility index (Phi) is 4.81. The molecule has 2 fully saturated rings. The van der Waals surface area contributed by atoms with Crippen LogP contribution in [0.15, 0.2) is 45.6 Å². The molecule has 4 rings (SSSR count). The summed E-state index contributed by atoms with van der Waals surface area (Å²) in [6.07, 6.45) is 4.81. The lowest BCUT2D eigenvalue weighted by Crippen LogP contribution is -2.34. The van der Waals surface area contributed by atoms with Gasteiger partial charge in [0.15, 0.2) is 12.9 Å². The molecule has 0 N–H and O–H groups in total. The van der Waals surface area contributed by atoms with Crippen LogP contribution in [0.1, 0.15) is 31.4 Å². The summed E-state index contributed by atoms with van der Waals surface area (Å²) in [7, 11) is -2.16. The number of nitrogens with zero attached hydrogens (tertiary/aromatic N) is 3. The van der Waals surface area contributed by atoms with Crippen LogP contribution in [0.4, 0.5) is 10.1 Å². The molecule has 2 aromatic rings. The van der Waals surface area contributed by atoms with Crippen LogP contribution in [0.25, 0.3) is 0 Å². The van der Waals surface area contributed by atoms with Crippen LogP contribution < -0.4 is 5.50 Å². The maximum atomic E-state index is 13.4. The molecular formula is C19H25FN3OP. The van der Waals surface area contributed by atoms with Gasteiger partial charge in [0.05, 0.1) is 5.69 Å². The molecule has 134 valence electrons. The molecule has 25 heavy (non-hydrogen) atoms. The summed E-state index contributed by atoms with van der Waals surface area (Å²) in [5.74, 6) is 0.700. The number of hydrogen-bond donors (Lipinski definition) is 0. The second-order valence-electron chi connectivity index (χ2n) is 6.85. The summed E-state index contributed by atoms with van der Waals surface area (Å²) in [5.41, 5.74) is 1.82. The normalized spacial score (nSPS) is 19.6. The zero-order valence-electron chi connectivity index (χ0n) is 14.7. The van der Waals surface area contributed by atoms with Gasteiger partial charge in [-0.3, -0.25) is 9.34 Å². The number of aryl methyl sites for hydroxylation is 1. The molecule has 6 heteroatoms. The third-order valence-corrected chi connectivity index (χ3v) is 8.78. The summed E-state index contributed by atoms with van der Waals surface area (Å²) >= 11 is 0. The molecule has 2 aliphatic heterocycles. The Hall–Kier alpha value is -1.42. The number of hydrogen-bond acceptors (Lipinski definition) is 2. The van der Waals surface area contributed by atoms with E-state index >= 15 is 0 Å². The van der Waals surface area contributed by atoms with Gasteiger partial charge in [-0.15, -0.1) is 0 Å². The second kappa shape index (κ2) is 7.06. The molecule has 0 unspecified atom stereocenters. The van der Waals surface area contributed by atoms with Gasteiger partial charge in [-0.05, 0) is 69.0 Å². The molecule has 2 saturated heterocycles. The predicted molar refractivity (Wildman–Crippen MR) is 100 cm³/mol. The minimum absolute atomic E-state index is 0.223. The fraction of sp³-hybridized carbons (Fsp3) is 0.474. The maximum absolute atomic E-state index is 13.4. The monoisotopic (exact) mass is 361 g/mol. The zero-order valence-corrected chi connectivity index (χ0v) is 15.6. The topological polar surface area (TPSA) is 32.0 Å². The van der Waals surface area contributed by atoms with Crippen LogP contribution in [-0.4, -0.2) is 35.5 Å². The average molecular weight is 361 g/mol. The van der Waals surface area contributed by atoms with E-state index in [1.165, 1.54) is 37.8 Å². The van der Waals surface area contributed by atoms with E-state index in [0.717, 1.165) is 43.1 Å². The highest BCUT2D eigenvalue weighted by molar-refractivity contribution is 7.69. The quantitative estimate of drug-likeness (QED) is 0.726. The first-order valence-electron chi connectivity index (χ1n) is 9.14. The Morgan fingerprint density at radius 1 is 0.880 bits per heavy atom. The SMILES string of the molecule is Cc1ccc(P(=Nc2ccc(F)cc2)(N2CCCC2)N2CCCC2)o1. The molecule has 4 nitrogen and oxygen atoms in total. The van der Waals surface area contributed by atoms with E-state index in [1.54, 1.807) is 12.1 Å². The molecule has 0 aliphatic carbocycles. The van der Waals surface area contributed by atoms with Crippen LogP contribution in [-0.2, 0) is 0 Å². The van der Waals surface area contributed by atoms with Crippen LogP contribution in [0.5, 0.6) is 0 Å². The Morgan fingerprint density at radius 2 is 1.44 bits per heavy atom. The first-order valence-corrected chi connectivity index (χ1v) is 10.8. The Bertz CT molecular complexity index is 754. The van der Waals surface area contributed by atoms with Crippen LogP contribution in [0.3, 0.4) is 0 Å². The fourth-order valence-corrected chi connectivity index (χ4v) is 7.79. The van der Waals surface area contributed by atoms with Gasteiger partial charge in [0, 0.05) is 26.2 Å². The summed E-state index contributed by atoms with van der Waals surface area (Å²) in [5, 5.41) is 0. The number of furan rings is 1. The standard InChI is InChI=1S/C19H25FN3OP/c1-16-6-11-19(24-16)25(22-12-2-3-13-22,23-14-4-5-15-23)21-18-9-7-17(20)8-10-18/h6-11H,2-5,12-15H2,1H3. The summed E-state index contributed by atoms with van der Waals surface area (Å²) in [6.45, 7) is 6.19. The van der Waals surface area contributed by atoms with Crippen molar-refractivity contribution in [2.45, 2.75) is 32.6 Å². The van der Waals surface area contributed by atoms with Crippen molar-refractivity contribution in [2.75, 3.05) is 26.2 Å². The van der Waals surface area contributed by atoms with Crippen molar-refractivity contribution >= 4 is 18.5 Å². The van der Waals surface area contributed by atoms with Crippen molar-refractivity contribution in [3.05, 3.63) is 48.0 Å². The minimum atomic E-state index is -2.16. The van der Waals surface area contributed by atoms with Crippen molar-refractivity contribution in [3.63, 3.8) is 0 Å². The molecule has 1 aromatic carbocycles. The van der Waals surface area contributed by atoms with E-state index < -0.39 is 7.36 Å². The average Bonchev–Trinajstić information content (AvgIpc) is 3.37. The van der Waals surface area contributed by atoms with E-state index in [9.17, 15) is 4.39 Å². The largest absolute Gasteiger partial charge is 0.457 e. The van der Waals surface area contributed by atoms with Gasteiger partial charge in [-0.2, -0.15) is 0 Å². The van der Waals surface area contributed by atoms with Gasteiger partial charge in [-0.1, -0.05) is 0 Å². The molecule has 0 radical (unpaired) electrons. The van der Waals surface area contributed by atoms with E-state index in [2.05, 4.69) is 15.4 Å². The first kappa shape index (κ1) is 17.0. The Morgan fingerprint density at radius 3 is 1.92 bits per heavy atom. The van der Waals surface area contributed by atoms with E-state index in [1.807, 2.05) is 13.0 Å². The van der Waals surface area contributed by atoms with Crippen LogP contribution in [0, 0.1) is 12.7 Å². The van der Waals surface area contributed by atoms with E-state index in [0.29, 0.717) is 0 Å². The Labute approximate surface area is 148 Å². The molecule has 0 saturated carbocycles. The van der Waals surface area contributed by atoms with Crippen LogP contribution >= 0.6 is 7.36 Å². The molecule has 0 amide bonds. The van der Waals surface area contributed by atoms with Crippen molar-refractivity contribution < 1.29 is 8.81 Å². The van der Waals surface area contributed by atoms with Crippen molar-refractivity contribution in [2.24, 2.45) is 4.74 Å². The van der Waals surface area contributed by atoms with Crippen molar-refractivity contribution in [1.82, 2.24) is 9.34 Å². The lowest BCUT2D eigenvalue weighted by molar-refractivity contribution is 0.458. The molecule has 3 heterocycles. The fourth-order valence-electron chi connectivity index (χ4n) is 3.84. The molecule has 1 aromatic heterocycles. The van der Waals surface area contributed by atoms with Gasteiger partial charge >= 0.3 is 0 Å². The van der Waals surface area contributed by atoms with Gasteiger partial charge in [0.25, 0.3) is 0 Å². The van der Waals surface area contributed by atoms with E-state index in [4.69, 9.17) is 9.16 Å². The van der Waals surface area contributed by atoms with Gasteiger partial charge in [0.1, 0.15) is 11.6 Å². The Balaban J connectivity index is 1.92. The number of benzene rings is 1. The number of halogens is 1. The first-order chi connectivity index (χ1) is 12.2.